The van der Waals surface area contributed by atoms with Crippen LogP contribution in [0.1, 0.15) is 19.2 Å². The molecule has 0 aromatic carbocycles. The lowest BCUT2D eigenvalue weighted by Gasteiger charge is -2.06. The van der Waals surface area contributed by atoms with Gasteiger partial charge in [0.2, 0.25) is 11.7 Å². The Morgan fingerprint density at radius 1 is 1.53 bits per heavy atom. The van der Waals surface area contributed by atoms with Crippen LogP contribution < -0.4 is 0 Å². The summed E-state index contributed by atoms with van der Waals surface area (Å²) in [6.45, 7) is 1.83. The van der Waals surface area contributed by atoms with Crippen LogP contribution in [0.3, 0.4) is 0 Å². The Balaban J connectivity index is 2.00. The summed E-state index contributed by atoms with van der Waals surface area (Å²) in [5.74, 6) is 0.381. The minimum absolute atomic E-state index is 0.380. The van der Waals surface area contributed by atoms with Gasteiger partial charge in [-0.3, -0.25) is 9.78 Å². The van der Waals surface area contributed by atoms with E-state index in [9.17, 15) is 4.79 Å². The summed E-state index contributed by atoms with van der Waals surface area (Å²) in [6, 6.07) is 5.43. The molecule has 2 aromatic rings. The molecule has 19 heavy (non-hydrogen) atoms. The number of rotatable bonds is 6. The summed E-state index contributed by atoms with van der Waals surface area (Å²) in [5, 5.41) is 12.3. The predicted molar refractivity (Wildman–Crippen MR) is 70.5 cm³/mol. The van der Waals surface area contributed by atoms with Crippen LogP contribution in [0.2, 0.25) is 0 Å². The van der Waals surface area contributed by atoms with Crippen LogP contribution in [0, 0.1) is 0 Å². The number of carboxylic acids is 1. The summed E-state index contributed by atoms with van der Waals surface area (Å²) < 4.78 is 5.08. The van der Waals surface area contributed by atoms with Crippen LogP contribution in [0.5, 0.6) is 0 Å². The number of hydrogen-bond acceptors (Lipinski definition) is 6. The highest BCUT2D eigenvalue weighted by Crippen LogP contribution is 2.21. The second-order valence-corrected chi connectivity index (χ2v) is 4.96. The maximum atomic E-state index is 10.9. The first kappa shape index (κ1) is 13.5. The van der Waals surface area contributed by atoms with Crippen molar-refractivity contribution in [2.45, 2.75) is 24.3 Å². The summed E-state index contributed by atoms with van der Waals surface area (Å²) >= 11 is 1.28. The number of aromatic nitrogens is 3. The zero-order valence-electron chi connectivity index (χ0n) is 10.3. The molecule has 6 nitrogen and oxygen atoms in total. The van der Waals surface area contributed by atoms with Crippen molar-refractivity contribution in [1.82, 2.24) is 15.1 Å². The van der Waals surface area contributed by atoms with E-state index in [0.29, 0.717) is 29.6 Å². The molecule has 0 fully saturated rings. The first-order chi connectivity index (χ1) is 9.20. The second-order valence-electron chi connectivity index (χ2n) is 3.77. The normalized spacial score (nSPS) is 12.3. The van der Waals surface area contributed by atoms with Gasteiger partial charge in [-0.05, 0) is 18.6 Å². The molecule has 7 heteroatoms. The standard InChI is InChI=1S/C12H13N3O3S/c1-2-9(12(16)17)19-7-10-14-11(15-18-10)8-5-3-4-6-13-8/h3-6,9H,2,7H2,1H3,(H,16,17). The van der Waals surface area contributed by atoms with Gasteiger partial charge in [0.1, 0.15) is 10.9 Å². The Kier molecular flexibility index (Phi) is 4.51. The molecule has 0 saturated carbocycles. The third kappa shape index (κ3) is 3.54. The van der Waals surface area contributed by atoms with E-state index in [0.717, 1.165) is 0 Å². The van der Waals surface area contributed by atoms with Gasteiger partial charge in [0.15, 0.2) is 0 Å². The highest BCUT2D eigenvalue weighted by Gasteiger charge is 2.17. The number of carboxylic acid groups (broad SMARTS) is 1. The van der Waals surface area contributed by atoms with Crippen LogP contribution >= 0.6 is 11.8 Å². The average Bonchev–Trinajstić information content (AvgIpc) is 2.89. The van der Waals surface area contributed by atoms with Crippen molar-refractivity contribution >= 4 is 17.7 Å². The van der Waals surface area contributed by atoms with Crippen LogP contribution in [-0.2, 0) is 10.5 Å². The van der Waals surface area contributed by atoms with Gasteiger partial charge < -0.3 is 9.63 Å². The lowest BCUT2D eigenvalue weighted by atomic mass is 10.3. The molecule has 0 amide bonds. The first-order valence-corrected chi connectivity index (χ1v) is 6.84. The smallest absolute Gasteiger partial charge is 0.316 e. The van der Waals surface area contributed by atoms with Crippen molar-refractivity contribution in [1.29, 1.82) is 0 Å². The van der Waals surface area contributed by atoms with E-state index in [-0.39, 0.29) is 0 Å². The fourth-order valence-corrected chi connectivity index (χ4v) is 2.29. The molecule has 1 unspecified atom stereocenters. The molecule has 100 valence electrons. The Bertz CT molecular complexity index is 544. The van der Waals surface area contributed by atoms with Gasteiger partial charge in [-0.25, -0.2) is 0 Å². The maximum Gasteiger partial charge on any atom is 0.316 e. The van der Waals surface area contributed by atoms with Gasteiger partial charge in [-0.1, -0.05) is 18.1 Å². The minimum atomic E-state index is -0.822. The molecule has 2 heterocycles. The second kappa shape index (κ2) is 6.33. The molecule has 0 aliphatic carbocycles. The quantitative estimate of drug-likeness (QED) is 0.867. The molecule has 0 radical (unpaired) electrons. The molecule has 0 spiro atoms. The predicted octanol–water partition coefficient (Wildman–Crippen LogP) is 2.23. The molecule has 0 saturated heterocycles. The SMILES string of the molecule is CCC(SCc1nc(-c2ccccn2)no1)C(=O)O. The third-order valence-corrected chi connectivity index (χ3v) is 3.77. The number of carbonyl (C=O) groups is 1. The largest absolute Gasteiger partial charge is 0.480 e. The molecule has 1 N–H and O–H groups in total. The Morgan fingerprint density at radius 3 is 3.00 bits per heavy atom. The fraction of sp³-hybridized carbons (Fsp3) is 0.333. The van der Waals surface area contributed by atoms with Crippen molar-refractivity contribution in [3.8, 4) is 11.5 Å². The average molecular weight is 279 g/mol. The third-order valence-electron chi connectivity index (χ3n) is 2.42. The van der Waals surface area contributed by atoms with Crippen LogP contribution in [0.25, 0.3) is 11.5 Å². The number of pyridine rings is 1. The van der Waals surface area contributed by atoms with E-state index in [1.807, 2.05) is 13.0 Å². The Hall–Kier alpha value is -1.89. The van der Waals surface area contributed by atoms with E-state index in [1.165, 1.54) is 11.8 Å². The molecule has 1 atom stereocenters. The monoisotopic (exact) mass is 279 g/mol. The van der Waals surface area contributed by atoms with E-state index < -0.39 is 11.2 Å². The van der Waals surface area contributed by atoms with Crippen molar-refractivity contribution in [3.05, 3.63) is 30.3 Å². The zero-order valence-corrected chi connectivity index (χ0v) is 11.1. The molecular formula is C12H13N3O3S. The van der Waals surface area contributed by atoms with Crippen LogP contribution in [0.4, 0.5) is 0 Å². The van der Waals surface area contributed by atoms with Crippen molar-refractivity contribution in [2.24, 2.45) is 0 Å². The number of nitrogens with zero attached hydrogens (tertiary/aromatic N) is 3. The zero-order chi connectivity index (χ0) is 13.7. The van der Waals surface area contributed by atoms with Crippen molar-refractivity contribution in [3.63, 3.8) is 0 Å². The Morgan fingerprint density at radius 2 is 2.37 bits per heavy atom. The summed E-state index contributed by atoms with van der Waals surface area (Å²) in [7, 11) is 0. The molecular weight excluding hydrogens is 266 g/mol. The Labute approximate surface area is 114 Å². The highest BCUT2D eigenvalue weighted by atomic mass is 32.2. The van der Waals surface area contributed by atoms with Crippen molar-refractivity contribution < 1.29 is 14.4 Å². The van der Waals surface area contributed by atoms with Gasteiger partial charge in [0.05, 0.1) is 5.75 Å². The summed E-state index contributed by atoms with van der Waals surface area (Å²) in [4.78, 5) is 19.2. The van der Waals surface area contributed by atoms with Gasteiger partial charge >= 0.3 is 5.97 Å². The van der Waals surface area contributed by atoms with Gasteiger partial charge in [0, 0.05) is 6.20 Å². The molecule has 0 aliphatic rings. The van der Waals surface area contributed by atoms with Gasteiger partial charge in [0.25, 0.3) is 0 Å². The fourth-order valence-electron chi connectivity index (χ4n) is 1.45. The topological polar surface area (TPSA) is 89.1 Å². The lowest BCUT2D eigenvalue weighted by Crippen LogP contribution is -2.15. The molecule has 2 rings (SSSR count). The molecule has 0 aliphatic heterocycles. The number of aliphatic carboxylic acids is 1. The minimum Gasteiger partial charge on any atom is -0.480 e. The summed E-state index contributed by atoms with van der Waals surface area (Å²) in [6.07, 6.45) is 2.21. The van der Waals surface area contributed by atoms with E-state index in [1.54, 1.807) is 18.3 Å². The maximum absolute atomic E-state index is 10.9. The molecule has 0 bridgehead atoms. The molecule has 2 aromatic heterocycles. The van der Waals surface area contributed by atoms with Crippen LogP contribution in [-0.4, -0.2) is 31.5 Å². The number of thioether (sulfide) groups is 1. The van der Waals surface area contributed by atoms with E-state index >= 15 is 0 Å². The van der Waals surface area contributed by atoms with Crippen molar-refractivity contribution in [2.75, 3.05) is 0 Å². The van der Waals surface area contributed by atoms with E-state index in [2.05, 4.69) is 15.1 Å². The number of hydrogen-bond donors (Lipinski definition) is 1. The van der Waals surface area contributed by atoms with Gasteiger partial charge in [-0.15, -0.1) is 11.8 Å². The van der Waals surface area contributed by atoms with E-state index in [4.69, 9.17) is 9.63 Å². The lowest BCUT2D eigenvalue weighted by molar-refractivity contribution is -0.136. The highest BCUT2D eigenvalue weighted by molar-refractivity contribution is 7.99. The summed E-state index contributed by atoms with van der Waals surface area (Å²) in [5.41, 5.74) is 0.632. The van der Waals surface area contributed by atoms with Gasteiger partial charge in [-0.2, -0.15) is 4.98 Å². The van der Waals surface area contributed by atoms with Crippen LogP contribution in [0.15, 0.2) is 28.9 Å². The first-order valence-electron chi connectivity index (χ1n) is 5.79.